The summed E-state index contributed by atoms with van der Waals surface area (Å²) >= 11 is 0. The number of hydrogen-bond acceptors (Lipinski definition) is 5. The number of benzene rings is 2. The highest BCUT2D eigenvalue weighted by molar-refractivity contribution is 6.02. The largest absolute Gasteiger partial charge is 0.467 e. The van der Waals surface area contributed by atoms with Crippen LogP contribution in [-0.2, 0) is 19.0 Å². The molecule has 1 amide bonds. The molecule has 0 aromatic heterocycles. The van der Waals surface area contributed by atoms with Gasteiger partial charge in [0.05, 0.1) is 0 Å². The Bertz CT molecular complexity index is 760. The summed E-state index contributed by atoms with van der Waals surface area (Å²) in [5.41, 5.74) is 2.75. The maximum atomic E-state index is 12.0. The van der Waals surface area contributed by atoms with E-state index in [0.717, 1.165) is 11.1 Å². The lowest BCUT2D eigenvalue weighted by molar-refractivity contribution is -0.112. The summed E-state index contributed by atoms with van der Waals surface area (Å²) in [5, 5.41) is 2.81. The fourth-order valence-corrected chi connectivity index (χ4v) is 2.44. The van der Waals surface area contributed by atoms with E-state index in [1.807, 2.05) is 42.5 Å². The standard InChI is InChI=1S/C21H25NO5/c1-15(2)21(23)22-18-10-17(11-19(12-18)26-13-24-3)20(27-14-25-4)16-8-6-5-7-9-16/h5-12,20H,1,13-14H2,2-4H3,(H,22,23). The van der Waals surface area contributed by atoms with Crippen molar-refractivity contribution in [3.05, 3.63) is 71.8 Å². The SMILES string of the molecule is C=C(C)C(=O)Nc1cc(OCOC)cc(C(OCOC)c2ccccc2)c1. The predicted molar refractivity (Wildman–Crippen MR) is 104 cm³/mol. The number of methoxy groups -OCH3 is 2. The average Bonchev–Trinajstić information content (AvgIpc) is 2.67. The first-order valence-electron chi connectivity index (χ1n) is 8.44. The van der Waals surface area contributed by atoms with Crippen LogP contribution in [0.1, 0.15) is 24.2 Å². The molecule has 0 radical (unpaired) electrons. The van der Waals surface area contributed by atoms with Crippen molar-refractivity contribution in [2.45, 2.75) is 13.0 Å². The van der Waals surface area contributed by atoms with Crippen molar-refractivity contribution < 1.29 is 23.7 Å². The van der Waals surface area contributed by atoms with Crippen molar-refractivity contribution in [3.63, 3.8) is 0 Å². The van der Waals surface area contributed by atoms with Crippen LogP contribution in [0.3, 0.4) is 0 Å². The minimum atomic E-state index is -0.391. The summed E-state index contributed by atoms with van der Waals surface area (Å²) < 4.78 is 21.5. The summed E-state index contributed by atoms with van der Waals surface area (Å²) in [5.74, 6) is 0.284. The van der Waals surface area contributed by atoms with Gasteiger partial charge in [0, 0.05) is 31.5 Å². The lowest BCUT2D eigenvalue weighted by Crippen LogP contribution is -2.14. The van der Waals surface area contributed by atoms with Crippen molar-refractivity contribution in [1.29, 1.82) is 0 Å². The molecule has 0 saturated heterocycles. The van der Waals surface area contributed by atoms with Crippen molar-refractivity contribution in [1.82, 2.24) is 0 Å². The lowest BCUT2D eigenvalue weighted by Gasteiger charge is -2.20. The number of carbonyl (C=O) groups excluding carboxylic acids is 1. The van der Waals surface area contributed by atoms with E-state index >= 15 is 0 Å². The van der Waals surface area contributed by atoms with Crippen LogP contribution in [0.2, 0.25) is 0 Å². The number of amides is 1. The maximum Gasteiger partial charge on any atom is 0.250 e. The van der Waals surface area contributed by atoms with Gasteiger partial charge in [-0.3, -0.25) is 4.79 Å². The van der Waals surface area contributed by atoms with Gasteiger partial charge in [-0.05, 0) is 30.2 Å². The molecule has 0 heterocycles. The van der Waals surface area contributed by atoms with E-state index in [0.29, 0.717) is 17.0 Å². The molecule has 6 nitrogen and oxygen atoms in total. The quantitative estimate of drug-likeness (QED) is 0.507. The van der Waals surface area contributed by atoms with Gasteiger partial charge in [0.25, 0.3) is 5.91 Å². The molecule has 0 aliphatic carbocycles. The molecular formula is C21H25NO5. The van der Waals surface area contributed by atoms with E-state index in [1.165, 1.54) is 0 Å². The molecule has 0 aliphatic rings. The number of carbonyl (C=O) groups is 1. The molecule has 2 aromatic rings. The van der Waals surface area contributed by atoms with Crippen molar-refractivity contribution >= 4 is 11.6 Å². The molecule has 6 heteroatoms. The van der Waals surface area contributed by atoms with E-state index < -0.39 is 6.10 Å². The zero-order chi connectivity index (χ0) is 19.6. The Morgan fingerprint density at radius 3 is 2.37 bits per heavy atom. The third-order valence-electron chi connectivity index (χ3n) is 3.68. The van der Waals surface area contributed by atoms with Gasteiger partial charge >= 0.3 is 0 Å². The average molecular weight is 371 g/mol. The van der Waals surface area contributed by atoms with Crippen molar-refractivity contribution in [2.24, 2.45) is 0 Å². The molecule has 2 aromatic carbocycles. The Morgan fingerprint density at radius 1 is 1.04 bits per heavy atom. The zero-order valence-corrected chi connectivity index (χ0v) is 15.9. The Kier molecular flexibility index (Phi) is 8.00. The molecule has 0 saturated carbocycles. The third-order valence-corrected chi connectivity index (χ3v) is 3.68. The fraction of sp³-hybridized carbons (Fsp3) is 0.286. The Morgan fingerprint density at radius 2 is 1.74 bits per heavy atom. The summed E-state index contributed by atoms with van der Waals surface area (Å²) in [7, 11) is 3.11. The Hall–Kier alpha value is -2.67. The van der Waals surface area contributed by atoms with Gasteiger partial charge in [0.15, 0.2) is 6.79 Å². The van der Waals surface area contributed by atoms with Crippen LogP contribution in [0.15, 0.2) is 60.7 Å². The molecule has 27 heavy (non-hydrogen) atoms. The molecule has 1 atom stereocenters. The van der Waals surface area contributed by atoms with Crippen LogP contribution in [-0.4, -0.2) is 33.7 Å². The Balaban J connectivity index is 2.42. The second-order valence-corrected chi connectivity index (χ2v) is 5.94. The van der Waals surface area contributed by atoms with Gasteiger partial charge in [-0.1, -0.05) is 36.9 Å². The Labute approximate surface area is 159 Å². The molecule has 0 bridgehead atoms. The highest BCUT2D eigenvalue weighted by Crippen LogP contribution is 2.32. The van der Waals surface area contributed by atoms with Gasteiger partial charge in [0.2, 0.25) is 0 Å². The number of hydrogen-bond donors (Lipinski definition) is 1. The summed E-state index contributed by atoms with van der Waals surface area (Å²) in [4.78, 5) is 12.0. The minimum absolute atomic E-state index is 0.0895. The van der Waals surface area contributed by atoms with Crippen LogP contribution in [0.5, 0.6) is 5.75 Å². The normalized spacial score (nSPS) is 11.7. The monoisotopic (exact) mass is 371 g/mol. The molecular weight excluding hydrogens is 346 g/mol. The van der Waals surface area contributed by atoms with E-state index in [2.05, 4.69) is 11.9 Å². The van der Waals surface area contributed by atoms with E-state index in [1.54, 1.807) is 27.2 Å². The highest BCUT2D eigenvalue weighted by atomic mass is 16.7. The van der Waals surface area contributed by atoms with Gasteiger partial charge < -0.3 is 24.3 Å². The molecule has 144 valence electrons. The molecule has 0 aliphatic heterocycles. The smallest absolute Gasteiger partial charge is 0.250 e. The highest BCUT2D eigenvalue weighted by Gasteiger charge is 2.17. The second kappa shape index (κ2) is 10.5. The lowest BCUT2D eigenvalue weighted by atomic mass is 10.0. The van der Waals surface area contributed by atoms with E-state index in [4.69, 9.17) is 18.9 Å². The number of anilines is 1. The third kappa shape index (κ3) is 6.21. The summed E-state index contributed by atoms with van der Waals surface area (Å²) in [6, 6.07) is 15.2. The molecule has 0 fully saturated rings. The summed E-state index contributed by atoms with van der Waals surface area (Å²) in [6.45, 7) is 5.52. The van der Waals surface area contributed by atoms with E-state index in [9.17, 15) is 4.79 Å². The first-order chi connectivity index (χ1) is 13.0. The molecule has 2 rings (SSSR count). The van der Waals surface area contributed by atoms with Gasteiger partial charge in [-0.15, -0.1) is 0 Å². The van der Waals surface area contributed by atoms with Gasteiger partial charge in [-0.25, -0.2) is 0 Å². The molecule has 1 unspecified atom stereocenters. The summed E-state index contributed by atoms with van der Waals surface area (Å²) in [6.07, 6.45) is -0.391. The van der Waals surface area contributed by atoms with Gasteiger partial charge in [0.1, 0.15) is 18.6 Å². The zero-order valence-electron chi connectivity index (χ0n) is 15.9. The van der Waals surface area contributed by atoms with Crippen LogP contribution in [0.25, 0.3) is 0 Å². The molecule has 0 spiro atoms. The maximum absolute atomic E-state index is 12.0. The number of nitrogens with one attached hydrogen (secondary N) is 1. The molecule has 1 N–H and O–H groups in total. The van der Waals surface area contributed by atoms with Crippen LogP contribution in [0, 0.1) is 0 Å². The van der Waals surface area contributed by atoms with Crippen LogP contribution < -0.4 is 10.1 Å². The first kappa shape index (κ1) is 20.6. The van der Waals surface area contributed by atoms with Gasteiger partial charge in [-0.2, -0.15) is 0 Å². The van der Waals surface area contributed by atoms with Crippen molar-refractivity contribution in [2.75, 3.05) is 33.1 Å². The van der Waals surface area contributed by atoms with E-state index in [-0.39, 0.29) is 19.5 Å². The first-order valence-corrected chi connectivity index (χ1v) is 8.44. The predicted octanol–water partition coefficient (Wildman–Crippen LogP) is 3.89. The van der Waals surface area contributed by atoms with Crippen molar-refractivity contribution in [3.8, 4) is 5.75 Å². The minimum Gasteiger partial charge on any atom is -0.467 e. The number of rotatable bonds is 10. The topological polar surface area (TPSA) is 66.0 Å². The fourth-order valence-electron chi connectivity index (χ4n) is 2.44. The van der Waals surface area contributed by atoms with Crippen LogP contribution in [0.4, 0.5) is 5.69 Å². The van der Waals surface area contributed by atoms with Crippen LogP contribution >= 0.6 is 0 Å². The number of ether oxygens (including phenoxy) is 4. The second-order valence-electron chi connectivity index (χ2n) is 5.94.